The second-order valence-corrected chi connectivity index (χ2v) is 7.70. The Morgan fingerprint density at radius 2 is 1.41 bits per heavy atom. The summed E-state index contributed by atoms with van der Waals surface area (Å²) in [7, 11) is 0. The Kier molecular flexibility index (Phi) is 4.18. The van der Waals surface area contributed by atoms with Crippen LogP contribution in [-0.4, -0.2) is 12.1 Å². The number of hydrogen-bond acceptors (Lipinski definition) is 1. The Bertz CT molecular complexity index is 232. The largest absolute Gasteiger partial charge is 0.311 e. The van der Waals surface area contributed by atoms with E-state index in [0.29, 0.717) is 5.41 Å². The van der Waals surface area contributed by atoms with E-state index >= 15 is 0 Å². The quantitative estimate of drug-likeness (QED) is 0.752. The Morgan fingerprint density at radius 3 is 1.88 bits per heavy atom. The van der Waals surface area contributed by atoms with Gasteiger partial charge in [-0.2, -0.15) is 0 Å². The third-order valence-electron chi connectivity index (χ3n) is 5.12. The van der Waals surface area contributed by atoms with Gasteiger partial charge in [-0.1, -0.05) is 27.7 Å². The molecule has 2 atom stereocenters. The first-order valence-corrected chi connectivity index (χ1v) is 7.71. The third-order valence-corrected chi connectivity index (χ3v) is 5.12. The fourth-order valence-electron chi connectivity index (χ4n) is 3.82. The van der Waals surface area contributed by atoms with Crippen molar-refractivity contribution in [2.75, 3.05) is 0 Å². The van der Waals surface area contributed by atoms with Gasteiger partial charge in [0, 0.05) is 12.1 Å². The Labute approximate surface area is 108 Å². The molecule has 2 aliphatic rings. The molecule has 0 aromatic carbocycles. The molecule has 0 aromatic rings. The van der Waals surface area contributed by atoms with Gasteiger partial charge < -0.3 is 5.32 Å². The molecule has 0 amide bonds. The summed E-state index contributed by atoms with van der Waals surface area (Å²) in [4.78, 5) is 0. The van der Waals surface area contributed by atoms with Gasteiger partial charge in [0.05, 0.1) is 0 Å². The van der Waals surface area contributed by atoms with E-state index in [-0.39, 0.29) is 0 Å². The van der Waals surface area contributed by atoms with Crippen LogP contribution in [0.3, 0.4) is 0 Å². The lowest BCUT2D eigenvalue weighted by Gasteiger charge is -2.38. The predicted molar refractivity (Wildman–Crippen MR) is 75.1 cm³/mol. The predicted octanol–water partition coefficient (Wildman–Crippen LogP) is 4.37. The topological polar surface area (TPSA) is 12.0 Å². The highest BCUT2D eigenvalue weighted by Crippen LogP contribution is 2.38. The molecule has 0 heterocycles. The van der Waals surface area contributed by atoms with Gasteiger partial charge in [-0.15, -0.1) is 0 Å². The van der Waals surface area contributed by atoms with Gasteiger partial charge in [0.1, 0.15) is 0 Å². The van der Waals surface area contributed by atoms with E-state index in [4.69, 9.17) is 0 Å². The van der Waals surface area contributed by atoms with Crippen molar-refractivity contribution >= 4 is 0 Å². The van der Waals surface area contributed by atoms with Crippen molar-refractivity contribution in [2.45, 2.75) is 84.7 Å². The van der Waals surface area contributed by atoms with E-state index in [1.807, 2.05) is 0 Å². The minimum Gasteiger partial charge on any atom is -0.311 e. The molecule has 2 unspecified atom stereocenters. The van der Waals surface area contributed by atoms with Gasteiger partial charge in [-0.05, 0) is 62.2 Å². The van der Waals surface area contributed by atoms with Crippen molar-refractivity contribution in [1.82, 2.24) is 5.32 Å². The molecule has 0 aliphatic heterocycles. The first-order chi connectivity index (χ1) is 7.95. The number of hydrogen-bond donors (Lipinski definition) is 1. The maximum atomic E-state index is 3.92. The number of rotatable bonds is 2. The minimum absolute atomic E-state index is 0.521. The van der Waals surface area contributed by atoms with Crippen LogP contribution >= 0.6 is 0 Å². The normalized spacial score (nSPS) is 39.5. The average molecular weight is 237 g/mol. The molecule has 0 aromatic heterocycles. The Hall–Kier alpha value is -0.0400. The zero-order valence-corrected chi connectivity index (χ0v) is 12.3. The molecule has 2 fully saturated rings. The molecule has 0 bridgehead atoms. The summed E-state index contributed by atoms with van der Waals surface area (Å²) < 4.78 is 0. The maximum absolute atomic E-state index is 3.92. The molecule has 0 spiro atoms. The summed E-state index contributed by atoms with van der Waals surface area (Å²) in [6, 6.07) is 1.66. The molecule has 2 aliphatic carbocycles. The SMILES string of the molecule is CC1CCC(NC2CCC(C(C)(C)C)CC2)C1. The van der Waals surface area contributed by atoms with Gasteiger partial charge in [-0.25, -0.2) is 0 Å². The van der Waals surface area contributed by atoms with E-state index in [9.17, 15) is 0 Å². The summed E-state index contributed by atoms with van der Waals surface area (Å²) in [5.41, 5.74) is 0.521. The fraction of sp³-hybridized carbons (Fsp3) is 1.00. The second kappa shape index (κ2) is 5.30. The van der Waals surface area contributed by atoms with Crippen molar-refractivity contribution in [3.63, 3.8) is 0 Å². The lowest BCUT2D eigenvalue weighted by Crippen LogP contribution is -2.40. The average Bonchev–Trinajstić information content (AvgIpc) is 2.63. The lowest BCUT2D eigenvalue weighted by atomic mass is 9.71. The molecule has 1 N–H and O–H groups in total. The summed E-state index contributed by atoms with van der Waals surface area (Å²) in [5.74, 6) is 1.90. The summed E-state index contributed by atoms with van der Waals surface area (Å²) in [6.45, 7) is 9.62. The van der Waals surface area contributed by atoms with Crippen molar-refractivity contribution < 1.29 is 0 Å². The fourth-order valence-corrected chi connectivity index (χ4v) is 3.82. The van der Waals surface area contributed by atoms with E-state index in [1.54, 1.807) is 0 Å². The van der Waals surface area contributed by atoms with Crippen LogP contribution in [0, 0.1) is 17.3 Å². The molecule has 0 saturated heterocycles. The second-order valence-electron chi connectivity index (χ2n) is 7.70. The summed E-state index contributed by atoms with van der Waals surface area (Å²) in [6.07, 6.45) is 9.96. The molecular formula is C16H31N. The molecule has 0 radical (unpaired) electrons. The standard InChI is InChI=1S/C16H31N/c1-12-5-8-15(11-12)17-14-9-6-13(7-10-14)16(2,3)4/h12-15,17H,5-11H2,1-4H3. The van der Waals surface area contributed by atoms with Crippen molar-refractivity contribution in [1.29, 1.82) is 0 Å². The first kappa shape index (κ1) is 13.4. The maximum Gasteiger partial charge on any atom is 0.00722 e. The van der Waals surface area contributed by atoms with E-state index in [1.165, 1.54) is 44.9 Å². The molecule has 17 heavy (non-hydrogen) atoms. The van der Waals surface area contributed by atoms with Crippen LogP contribution in [-0.2, 0) is 0 Å². The highest BCUT2D eigenvalue weighted by molar-refractivity contribution is 4.87. The Balaban J connectivity index is 1.72. The zero-order valence-electron chi connectivity index (χ0n) is 12.3. The Morgan fingerprint density at radius 1 is 0.824 bits per heavy atom. The van der Waals surface area contributed by atoms with Crippen molar-refractivity contribution in [3.8, 4) is 0 Å². The van der Waals surface area contributed by atoms with Crippen molar-refractivity contribution in [3.05, 3.63) is 0 Å². The van der Waals surface area contributed by atoms with Crippen molar-refractivity contribution in [2.24, 2.45) is 17.3 Å². The smallest absolute Gasteiger partial charge is 0.00722 e. The molecular weight excluding hydrogens is 206 g/mol. The monoisotopic (exact) mass is 237 g/mol. The van der Waals surface area contributed by atoms with Crippen LogP contribution in [0.25, 0.3) is 0 Å². The van der Waals surface area contributed by atoms with Gasteiger partial charge >= 0.3 is 0 Å². The van der Waals surface area contributed by atoms with Crippen LogP contribution in [0.15, 0.2) is 0 Å². The third kappa shape index (κ3) is 3.71. The molecule has 1 nitrogen and oxygen atoms in total. The van der Waals surface area contributed by atoms with Gasteiger partial charge in [0.25, 0.3) is 0 Å². The summed E-state index contributed by atoms with van der Waals surface area (Å²) in [5, 5.41) is 3.92. The molecule has 100 valence electrons. The van der Waals surface area contributed by atoms with Gasteiger partial charge in [0.2, 0.25) is 0 Å². The van der Waals surface area contributed by atoms with E-state index < -0.39 is 0 Å². The summed E-state index contributed by atoms with van der Waals surface area (Å²) >= 11 is 0. The molecule has 2 saturated carbocycles. The van der Waals surface area contributed by atoms with Crippen LogP contribution in [0.4, 0.5) is 0 Å². The van der Waals surface area contributed by atoms with E-state index in [2.05, 4.69) is 33.0 Å². The van der Waals surface area contributed by atoms with E-state index in [0.717, 1.165) is 23.9 Å². The highest BCUT2D eigenvalue weighted by atomic mass is 15.0. The lowest BCUT2D eigenvalue weighted by molar-refractivity contribution is 0.156. The van der Waals surface area contributed by atoms with Gasteiger partial charge in [0.15, 0.2) is 0 Å². The molecule has 2 rings (SSSR count). The highest BCUT2D eigenvalue weighted by Gasteiger charge is 2.31. The van der Waals surface area contributed by atoms with Crippen LogP contribution in [0.2, 0.25) is 0 Å². The molecule has 1 heteroatoms. The number of nitrogens with one attached hydrogen (secondary N) is 1. The van der Waals surface area contributed by atoms with Crippen LogP contribution in [0.1, 0.15) is 72.6 Å². The van der Waals surface area contributed by atoms with Gasteiger partial charge in [-0.3, -0.25) is 0 Å². The van der Waals surface area contributed by atoms with Crippen LogP contribution in [0.5, 0.6) is 0 Å². The first-order valence-electron chi connectivity index (χ1n) is 7.71. The minimum atomic E-state index is 0.521. The zero-order chi connectivity index (χ0) is 12.5. The van der Waals surface area contributed by atoms with Crippen LogP contribution < -0.4 is 5.32 Å².